The van der Waals surface area contributed by atoms with E-state index in [0.717, 1.165) is 0 Å². The molecule has 0 aromatic carbocycles. The van der Waals surface area contributed by atoms with E-state index in [1.54, 1.807) is 20.9 Å². The van der Waals surface area contributed by atoms with E-state index in [-0.39, 0.29) is 23.8 Å². The van der Waals surface area contributed by atoms with Crippen molar-refractivity contribution in [3.05, 3.63) is 28.2 Å². The molecule has 6 nitrogen and oxygen atoms in total. The van der Waals surface area contributed by atoms with E-state index in [9.17, 15) is 9.59 Å². The standard InChI is InChI=1S/C10H15N3O3/c1-10(2,6-14)13(3)9(16)7-4-5-8(15)12-11-7/h4-5,14H,6H2,1-3H3,(H,12,15). The average molecular weight is 225 g/mol. The molecule has 0 aliphatic carbocycles. The van der Waals surface area contributed by atoms with Crippen molar-refractivity contribution < 1.29 is 9.90 Å². The molecule has 0 saturated carbocycles. The number of aromatic nitrogens is 2. The zero-order valence-electron chi connectivity index (χ0n) is 9.52. The summed E-state index contributed by atoms with van der Waals surface area (Å²) < 4.78 is 0. The molecule has 6 heteroatoms. The minimum Gasteiger partial charge on any atom is -0.394 e. The van der Waals surface area contributed by atoms with Crippen LogP contribution in [0, 0.1) is 0 Å². The highest BCUT2D eigenvalue weighted by atomic mass is 16.3. The first-order valence-corrected chi connectivity index (χ1v) is 4.83. The number of nitrogens with one attached hydrogen (secondary N) is 1. The Labute approximate surface area is 92.9 Å². The quantitative estimate of drug-likeness (QED) is 0.733. The number of likely N-dealkylation sites (N-methyl/N-ethyl adjacent to an activating group) is 1. The Morgan fingerprint density at radius 2 is 2.19 bits per heavy atom. The number of aliphatic hydroxyl groups is 1. The zero-order valence-corrected chi connectivity index (χ0v) is 9.52. The number of carbonyl (C=O) groups is 1. The van der Waals surface area contributed by atoms with Gasteiger partial charge in [-0.3, -0.25) is 9.59 Å². The summed E-state index contributed by atoms with van der Waals surface area (Å²) in [6, 6.07) is 2.59. The molecule has 0 spiro atoms. The second-order valence-electron chi connectivity index (χ2n) is 4.14. The van der Waals surface area contributed by atoms with E-state index in [1.165, 1.54) is 17.0 Å². The smallest absolute Gasteiger partial charge is 0.274 e. The Bertz CT molecular complexity index is 419. The van der Waals surface area contributed by atoms with Crippen LogP contribution in [0.1, 0.15) is 24.3 Å². The van der Waals surface area contributed by atoms with Gasteiger partial charge in [0.05, 0.1) is 12.1 Å². The third-order valence-electron chi connectivity index (χ3n) is 2.50. The summed E-state index contributed by atoms with van der Waals surface area (Å²) in [7, 11) is 1.57. The van der Waals surface area contributed by atoms with Crippen molar-refractivity contribution in [1.29, 1.82) is 0 Å². The minimum atomic E-state index is -0.672. The SMILES string of the molecule is CN(C(=O)c1ccc(=O)[nH]n1)C(C)(C)CO. The number of hydrogen-bond donors (Lipinski definition) is 2. The predicted octanol–water partition coefficient (Wildman–Crippen LogP) is -0.387. The van der Waals surface area contributed by atoms with Crippen LogP contribution in [0.3, 0.4) is 0 Å². The van der Waals surface area contributed by atoms with Crippen molar-refractivity contribution in [3.63, 3.8) is 0 Å². The van der Waals surface area contributed by atoms with Crippen LogP contribution in [-0.2, 0) is 0 Å². The summed E-state index contributed by atoms with van der Waals surface area (Å²) >= 11 is 0. The first-order chi connectivity index (χ1) is 7.38. The van der Waals surface area contributed by atoms with Gasteiger partial charge in [-0.2, -0.15) is 5.10 Å². The van der Waals surface area contributed by atoms with Crippen LogP contribution in [0.25, 0.3) is 0 Å². The number of rotatable bonds is 3. The Morgan fingerprint density at radius 1 is 1.56 bits per heavy atom. The third-order valence-corrected chi connectivity index (χ3v) is 2.50. The van der Waals surface area contributed by atoms with E-state index in [2.05, 4.69) is 10.2 Å². The van der Waals surface area contributed by atoms with Crippen LogP contribution in [0.2, 0.25) is 0 Å². The monoisotopic (exact) mass is 225 g/mol. The van der Waals surface area contributed by atoms with Gasteiger partial charge in [0.2, 0.25) is 0 Å². The Balaban J connectivity index is 2.94. The van der Waals surface area contributed by atoms with Crippen molar-refractivity contribution in [2.45, 2.75) is 19.4 Å². The third kappa shape index (κ3) is 2.46. The molecule has 0 aliphatic rings. The summed E-state index contributed by atoms with van der Waals surface area (Å²) in [4.78, 5) is 24.1. The molecule has 88 valence electrons. The van der Waals surface area contributed by atoms with Crippen LogP contribution < -0.4 is 5.56 Å². The molecule has 0 radical (unpaired) electrons. The number of nitrogens with zero attached hydrogens (tertiary/aromatic N) is 2. The second kappa shape index (κ2) is 4.44. The van der Waals surface area contributed by atoms with Crippen molar-refractivity contribution in [1.82, 2.24) is 15.1 Å². The minimum absolute atomic E-state index is 0.142. The van der Waals surface area contributed by atoms with Gasteiger partial charge in [-0.1, -0.05) is 0 Å². The Kier molecular flexibility index (Phi) is 3.44. The second-order valence-corrected chi connectivity index (χ2v) is 4.14. The molecule has 0 fully saturated rings. The average Bonchev–Trinajstić information content (AvgIpc) is 2.28. The summed E-state index contributed by atoms with van der Waals surface area (Å²) in [6.07, 6.45) is 0. The van der Waals surface area contributed by atoms with Crippen molar-refractivity contribution in [3.8, 4) is 0 Å². The molecule has 0 atom stereocenters. The van der Waals surface area contributed by atoms with Gasteiger partial charge in [0.15, 0.2) is 0 Å². The maximum Gasteiger partial charge on any atom is 0.274 e. The number of hydrogen-bond acceptors (Lipinski definition) is 4. The fourth-order valence-electron chi connectivity index (χ4n) is 1.02. The van der Waals surface area contributed by atoms with Crippen molar-refractivity contribution in [2.75, 3.05) is 13.7 Å². The molecule has 2 N–H and O–H groups in total. The molecule has 1 aromatic rings. The highest BCUT2D eigenvalue weighted by molar-refractivity contribution is 5.92. The molecule has 0 saturated heterocycles. The lowest BCUT2D eigenvalue weighted by atomic mass is 10.0. The van der Waals surface area contributed by atoms with Crippen LogP contribution >= 0.6 is 0 Å². The summed E-state index contributed by atoms with van der Waals surface area (Å²) in [5.74, 6) is -0.352. The fraction of sp³-hybridized carbons (Fsp3) is 0.500. The number of carbonyl (C=O) groups excluding carboxylic acids is 1. The molecule has 0 unspecified atom stereocenters. The lowest BCUT2D eigenvalue weighted by Crippen LogP contribution is -2.48. The Hall–Kier alpha value is -1.69. The number of amides is 1. The van der Waals surface area contributed by atoms with E-state index < -0.39 is 5.54 Å². The molecular weight excluding hydrogens is 210 g/mol. The largest absolute Gasteiger partial charge is 0.394 e. The van der Waals surface area contributed by atoms with Gasteiger partial charge in [0, 0.05) is 13.1 Å². The van der Waals surface area contributed by atoms with Gasteiger partial charge in [-0.15, -0.1) is 0 Å². The van der Waals surface area contributed by atoms with Gasteiger partial charge in [0.25, 0.3) is 11.5 Å². The first-order valence-electron chi connectivity index (χ1n) is 4.83. The van der Waals surface area contributed by atoms with Crippen LogP contribution in [0.15, 0.2) is 16.9 Å². The first kappa shape index (κ1) is 12.4. The molecule has 0 aliphatic heterocycles. The molecule has 1 aromatic heterocycles. The van der Waals surface area contributed by atoms with Gasteiger partial charge < -0.3 is 10.0 Å². The highest BCUT2D eigenvalue weighted by Gasteiger charge is 2.28. The van der Waals surface area contributed by atoms with Gasteiger partial charge in [0.1, 0.15) is 5.69 Å². The molecule has 1 amide bonds. The van der Waals surface area contributed by atoms with Crippen molar-refractivity contribution in [2.24, 2.45) is 0 Å². The normalized spacial score (nSPS) is 11.2. The van der Waals surface area contributed by atoms with E-state index in [4.69, 9.17) is 5.11 Å². The number of H-pyrrole nitrogens is 1. The maximum absolute atomic E-state index is 11.9. The van der Waals surface area contributed by atoms with Crippen LogP contribution in [0.4, 0.5) is 0 Å². The lowest BCUT2D eigenvalue weighted by Gasteiger charge is -2.33. The van der Waals surface area contributed by atoms with E-state index in [0.29, 0.717) is 0 Å². The Morgan fingerprint density at radius 3 is 2.62 bits per heavy atom. The lowest BCUT2D eigenvalue weighted by molar-refractivity contribution is 0.0466. The number of aromatic amines is 1. The molecule has 0 bridgehead atoms. The predicted molar refractivity (Wildman–Crippen MR) is 58.1 cm³/mol. The zero-order chi connectivity index (χ0) is 12.3. The van der Waals surface area contributed by atoms with Crippen molar-refractivity contribution >= 4 is 5.91 Å². The molecule has 1 heterocycles. The maximum atomic E-state index is 11.9. The molecular formula is C10H15N3O3. The van der Waals surface area contributed by atoms with Crippen LogP contribution in [0.5, 0.6) is 0 Å². The molecule has 1 rings (SSSR count). The van der Waals surface area contributed by atoms with Gasteiger partial charge >= 0.3 is 0 Å². The van der Waals surface area contributed by atoms with E-state index in [1.807, 2.05) is 0 Å². The van der Waals surface area contributed by atoms with Gasteiger partial charge in [-0.25, -0.2) is 5.10 Å². The molecule has 16 heavy (non-hydrogen) atoms. The van der Waals surface area contributed by atoms with Crippen LogP contribution in [-0.4, -0.2) is 45.3 Å². The topological polar surface area (TPSA) is 86.3 Å². The fourth-order valence-corrected chi connectivity index (χ4v) is 1.02. The summed E-state index contributed by atoms with van der Waals surface area (Å²) in [5, 5.41) is 15.0. The number of aliphatic hydroxyl groups excluding tert-OH is 1. The van der Waals surface area contributed by atoms with Gasteiger partial charge in [-0.05, 0) is 19.9 Å². The summed E-state index contributed by atoms with van der Waals surface area (Å²) in [5.41, 5.74) is -0.890. The van der Waals surface area contributed by atoms with E-state index >= 15 is 0 Å². The summed E-state index contributed by atoms with van der Waals surface area (Å²) in [6.45, 7) is 3.31. The highest BCUT2D eigenvalue weighted by Crippen LogP contribution is 2.13.